The molecular weight excluding hydrogens is 218 g/mol. The largest absolute Gasteiger partial charge is 0.353 e. The molecule has 5 nitrogen and oxygen atoms in total. The third-order valence-corrected chi connectivity index (χ3v) is 3.04. The maximum Gasteiger partial charge on any atom is 0.321 e. The van der Waals surface area contributed by atoms with Crippen LogP contribution in [0.4, 0.5) is 4.79 Å². The van der Waals surface area contributed by atoms with Gasteiger partial charge in [-0.05, 0) is 13.5 Å². The van der Waals surface area contributed by atoms with Crippen molar-refractivity contribution in [3.8, 4) is 0 Å². The lowest BCUT2D eigenvalue weighted by Gasteiger charge is -2.56. The first-order valence-corrected chi connectivity index (χ1v) is 6.37. The Hall–Kier alpha value is -0.810. The summed E-state index contributed by atoms with van der Waals surface area (Å²) in [7, 11) is 5.61. The number of amides is 2. The number of likely N-dealkylation sites (tertiary alicyclic amines) is 1. The van der Waals surface area contributed by atoms with Gasteiger partial charge in [0.2, 0.25) is 0 Å². The maximum absolute atomic E-state index is 12.0. The summed E-state index contributed by atoms with van der Waals surface area (Å²) in [4.78, 5) is 17.6. The topological polar surface area (TPSA) is 36.0 Å². The molecule has 0 aromatic rings. The molecule has 0 aliphatic carbocycles. The van der Waals surface area contributed by atoms with Gasteiger partial charge in [-0.2, -0.15) is 0 Å². The highest BCUT2D eigenvalue weighted by atomic mass is 16.5. The van der Waals surface area contributed by atoms with Crippen LogP contribution >= 0.6 is 0 Å². The minimum absolute atomic E-state index is 0.0581. The lowest BCUT2D eigenvalue weighted by atomic mass is 10.0. The van der Waals surface area contributed by atoms with Crippen LogP contribution in [0, 0.1) is 0 Å². The van der Waals surface area contributed by atoms with E-state index in [9.17, 15) is 4.79 Å². The summed E-state index contributed by atoms with van der Waals surface area (Å²) in [6.45, 7) is 7.23. The average molecular weight is 243 g/mol. The van der Waals surface area contributed by atoms with Crippen LogP contribution in [0.15, 0.2) is 0 Å². The Morgan fingerprint density at radius 3 is 2.35 bits per heavy atom. The molecule has 0 aromatic carbocycles. The highest BCUT2D eigenvalue weighted by molar-refractivity contribution is 5.75. The van der Waals surface area contributed by atoms with Crippen LogP contribution in [0.2, 0.25) is 0 Å². The van der Waals surface area contributed by atoms with E-state index in [-0.39, 0.29) is 11.8 Å². The Morgan fingerprint density at radius 1 is 1.29 bits per heavy atom. The van der Waals surface area contributed by atoms with Gasteiger partial charge in [-0.3, -0.25) is 9.80 Å². The zero-order valence-electron chi connectivity index (χ0n) is 11.7. The van der Waals surface area contributed by atoms with E-state index in [1.807, 2.05) is 25.8 Å². The van der Waals surface area contributed by atoms with Crippen molar-refractivity contribution in [3.05, 3.63) is 0 Å². The summed E-state index contributed by atoms with van der Waals surface area (Å²) in [5.41, 5.74) is -0.339. The molecule has 2 aliphatic rings. The van der Waals surface area contributed by atoms with Gasteiger partial charge in [-0.1, -0.05) is 13.8 Å². The van der Waals surface area contributed by atoms with Crippen molar-refractivity contribution in [1.82, 2.24) is 14.7 Å². The predicted molar refractivity (Wildman–Crippen MR) is 67.9 cm³/mol. The molecule has 2 heterocycles. The van der Waals surface area contributed by atoms with Gasteiger partial charge < -0.3 is 9.64 Å². The van der Waals surface area contributed by atoms with Gasteiger partial charge in [0.1, 0.15) is 0 Å². The number of urea groups is 1. The first kappa shape index (κ1) is 14.3. The van der Waals surface area contributed by atoms with Gasteiger partial charge in [0, 0.05) is 33.7 Å². The van der Waals surface area contributed by atoms with Crippen LogP contribution < -0.4 is 0 Å². The molecule has 0 unspecified atom stereocenters. The maximum atomic E-state index is 12.0. The summed E-state index contributed by atoms with van der Waals surface area (Å²) in [5.74, 6) is 0. The van der Waals surface area contributed by atoms with Crippen molar-refractivity contribution in [2.24, 2.45) is 0 Å². The zero-order chi connectivity index (χ0) is 13.1. The van der Waals surface area contributed by atoms with Crippen molar-refractivity contribution in [2.45, 2.75) is 26.0 Å². The third kappa shape index (κ3) is 2.72. The highest BCUT2D eigenvalue weighted by Gasteiger charge is 2.51. The van der Waals surface area contributed by atoms with Gasteiger partial charge in [0.15, 0.2) is 5.72 Å². The molecule has 2 aliphatic heterocycles. The highest BCUT2D eigenvalue weighted by Crippen LogP contribution is 2.31. The van der Waals surface area contributed by atoms with Crippen LogP contribution in [-0.2, 0) is 4.74 Å². The number of rotatable bonds is 0. The molecule has 0 bridgehead atoms. The number of carbonyl (C=O) groups is 1. The molecule has 2 amide bonds. The molecule has 0 N–H and O–H groups in total. The Morgan fingerprint density at radius 2 is 1.88 bits per heavy atom. The van der Waals surface area contributed by atoms with E-state index >= 15 is 0 Å². The summed E-state index contributed by atoms with van der Waals surface area (Å²) in [6, 6.07) is 0.0581. The summed E-state index contributed by atoms with van der Waals surface area (Å²) in [6.07, 6.45) is 0.936. The second kappa shape index (κ2) is 5.69. The van der Waals surface area contributed by atoms with Crippen molar-refractivity contribution in [3.63, 3.8) is 0 Å². The number of hydrogen-bond donors (Lipinski definition) is 0. The third-order valence-electron chi connectivity index (χ3n) is 3.04. The van der Waals surface area contributed by atoms with Gasteiger partial charge in [-0.15, -0.1) is 0 Å². The summed E-state index contributed by atoms with van der Waals surface area (Å²) >= 11 is 0. The number of likely N-dealkylation sites (N-methyl/N-ethyl adjacent to an activating group) is 1. The quantitative estimate of drug-likeness (QED) is 0.638. The minimum Gasteiger partial charge on any atom is -0.353 e. The SMILES string of the molecule is CC.CN1CC2(C1)OCCCN2C(=O)N(C)C. The first-order valence-electron chi connectivity index (χ1n) is 6.37. The average Bonchev–Trinajstić information content (AvgIpc) is 2.29. The fourth-order valence-electron chi connectivity index (χ4n) is 2.34. The molecule has 0 atom stereocenters. The molecular formula is C12H25N3O2. The van der Waals surface area contributed by atoms with Crippen LogP contribution in [0.25, 0.3) is 0 Å². The van der Waals surface area contributed by atoms with Gasteiger partial charge in [0.25, 0.3) is 0 Å². The van der Waals surface area contributed by atoms with Crippen molar-refractivity contribution >= 4 is 6.03 Å². The van der Waals surface area contributed by atoms with E-state index in [0.717, 1.165) is 32.7 Å². The van der Waals surface area contributed by atoms with E-state index < -0.39 is 0 Å². The van der Waals surface area contributed by atoms with Gasteiger partial charge in [0.05, 0.1) is 6.61 Å². The fraction of sp³-hybridized carbons (Fsp3) is 0.917. The van der Waals surface area contributed by atoms with Crippen LogP contribution in [0.1, 0.15) is 20.3 Å². The fourth-order valence-corrected chi connectivity index (χ4v) is 2.34. The minimum atomic E-state index is -0.339. The normalized spacial score (nSPS) is 22.5. The molecule has 1 spiro atoms. The Kier molecular flexibility index (Phi) is 4.77. The van der Waals surface area contributed by atoms with E-state index in [2.05, 4.69) is 4.90 Å². The van der Waals surface area contributed by atoms with Crippen LogP contribution in [-0.4, -0.2) is 73.8 Å². The van der Waals surface area contributed by atoms with E-state index in [1.54, 1.807) is 19.0 Å². The van der Waals surface area contributed by atoms with E-state index in [0.29, 0.717) is 0 Å². The Balaban J connectivity index is 0.000000686. The van der Waals surface area contributed by atoms with Crippen molar-refractivity contribution in [1.29, 1.82) is 0 Å². The number of ether oxygens (including phenoxy) is 1. The smallest absolute Gasteiger partial charge is 0.321 e. The summed E-state index contributed by atoms with van der Waals surface area (Å²) < 4.78 is 5.79. The first-order chi connectivity index (χ1) is 8.05. The molecule has 0 aromatic heterocycles. The monoisotopic (exact) mass is 243 g/mol. The van der Waals surface area contributed by atoms with Crippen LogP contribution in [0.3, 0.4) is 0 Å². The molecule has 17 heavy (non-hydrogen) atoms. The predicted octanol–water partition coefficient (Wildman–Crippen LogP) is 1.06. The molecule has 0 saturated carbocycles. The number of carbonyl (C=O) groups excluding carboxylic acids is 1. The molecule has 100 valence electrons. The molecule has 5 heteroatoms. The molecule has 2 saturated heterocycles. The standard InChI is InChI=1S/C10H19N3O2.C2H6/c1-11(2)9(14)13-5-4-6-15-10(13)7-12(3)8-10;1-2/h4-8H2,1-3H3;1-2H3. The molecule has 2 rings (SSSR count). The van der Waals surface area contributed by atoms with E-state index in [4.69, 9.17) is 4.74 Å². The van der Waals surface area contributed by atoms with Crippen LogP contribution in [0.5, 0.6) is 0 Å². The zero-order valence-corrected chi connectivity index (χ0v) is 11.7. The van der Waals surface area contributed by atoms with Crippen molar-refractivity contribution < 1.29 is 9.53 Å². The number of nitrogens with zero attached hydrogens (tertiary/aromatic N) is 3. The lowest BCUT2D eigenvalue weighted by molar-refractivity contribution is -0.231. The Bertz CT molecular complexity index is 257. The van der Waals surface area contributed by atoms with Gasteiger partial charge in [-0.25, -0.2) is 4.79 Å². The lowest BCUT2D eigenvalue weighted by Crippen LogP contribution is -2.74. The second-order valence-corrected chi connectivity index (χ2v) is 4.65. The van der Waals surface area contributed by atoms with Gasteiger partial charge >= 0.3 is 6.03 Å². The second-order valence-electron chi connectivity index (χ2n) is 4.65. The van der Waals surface area contributed by atoms with E-state index in [1.165, 1.54) is 0 Å². The Labute approximate surface area is 104 Å². The number of hydrogen-bond acceptors (Lipinski definition) is 3. The van der Waals surface area contributed by atoms with Crippen molar-refractivity contribution in [2.75, 3.05) is 47.4 Å². The molecule has 2 fully saturated rings. The molecule has 0 radical (unpaired) electrons. The summed E-state index contributed by atoms with van der Waals surface area (Å²) in [5, 5.41) is 0.